The van der Waals surface area contributed by atoms with E-state index < -0.39 is 6.10 Å². The highest BCUT2D eigenvalue weighted by Gasteiger charge is 2.41. The summed E-state index contributed by atoms with van der Waals surface area (Å²) in [5.74, 6) is 0.489. The SMILES string of the molecule is CCCCCCCCCCCCCCCCCCOC(=O)CCC1C=C(C(C)(C)C)C(O)C(C(C)(C)C)C1. The molecule has 0 bridgehead atoms. The molecule has 0 aromatic heterocycles. The first-order valence-electron chi connectivity index (χ1n) is 16.5. The fourth-order valence-electron chi connectivity index (χ4n) is 6.03. The Kier molecular flexibility index (Phi) is 17.9. The Balaban J connectivity index is 2.08. The van der Waals surface area contributed by atoms with Crippen LogP contribution in [0, 0.1) is 22.7 Å². The smallest absolute Gasteiger partial charge is 0.305 e. The summed E-state index contributed by atoms with van der Waals surface area (Å²) in [6, 6.07) is 0. The molecule has 0 aliphatic heterocycles. The maximum absolute atomic E-state index is 12.4. The molecule has 38 heavy (non-hydrogen) atoms. The minimum absolute atomic E-state index is 0.0379. The van der Waals surface area contributed by atoms with Crippen molar-refractivity contribution in [3.8, 4) is 0 Å². The first kappa shape index (κ1) is 35.2. The van der Waals surface area contributed by atoms with E-state index in [0.29, 0.717) is 18.9 Å². The summed E-state index contributed by atoms with van der Waals surface area (Å²) in [4.78, 5) is 12.4. The van der Waals surface area contributed by atoms with Crippen LogP contribution in [0.4, 0.5) is 0 Å². The standard InChI is InChI=1S/C35H66O3/c1-8-9-10-11-12-13-14-15-16-17-18-19-20-21-22-23-26-38-32(36)25-24-29-27-30(34(2,3)4)33(37)31(28-29)35(5,6)7/h27,29,31,33,37H,8-26,28H2,1-7H3. The Labute approximate surface area is 238 Å². The van der Waals surface area contributed by atoms with Gasteiger partial charge < -0.3 is 9.84 Å². The summed E-state index contributed by atoms with van der Waals surface area (Å²) in [7, 11) is 0. The topological polar surface area (TPSA) is 46.5 Å². The summed E-state index contributed by atoms with van der Waals surface area (Å²) in [6.07, 6.45) is 25.7. The third-order valence-electron chi connectivity index (χ3n) is 8.63. The third-order valence-corrected chi connectivity index (χ3v) is 8.63. The zero-order valence-corrected chi connectivity index (χ0v) is 26.7. The van der Waals surface area contributed by atoms with Gasteiger partial charge >= 0.3 is 5.97 Å². The molecule has 224 valence electrons. The highest BCUT2D eigenvalue weighted by Crippen LogP contribution is 2.46. The van der Waals surface area contributed by atoms with Crippen LogP contribution in [0.5, 0.6) is 0 Å². The average Bonchev–Trinajstić information content (AvgIpc) is 2.83. The molecular formula is C35H66O3. The highest BCUT2D eigenvalue weighted by molar-refractivity contribution is 5.69. The van der Waals surface area contributed by atoms with E-state index in [0.717, 1.165) is 31.3 Å². The maximum Gasteiger partial charge on any atom is 0.305 e. The first-order chi connectivity index (χ1) is 18.0. The molecule has 1 aliphatic carbocycles. The van der Waals surface area contributed by atoms with Gasteiger partial charge in [-0.3, -0.25) is 4.79 Å². The Morgan fingerprint density at radius 3 is 1.66 bits per heavy atom. The number of aliphatic hydroxyl groups excluding tert-OH is 1. The zero-order valence-electron chi connectivity index (χ0n) is 26.7. The van der Waals surface area contributed by atoms with Gasteiger partial charge in [0.25, 0.3) is 0 Å². The van der Waals surface area contributed by atoms with E-state index in [1.807, 2.05) is 0 Å². The molecule has 3 atom stereocenters. The monoisotopic (exact) mass is 535 g/mol. The number of allylic oxidation sites excluding steroid dienone is 1. The summed E-state index contributed by atoms with van der Waals surface area (Å²) in [5, 5.41) is 11.1. The molecule has 0 radical (unpaired) electrons. The molecule has 0 saturated carbocycles. The Bertz CT molecular complexity index is 637. The summed E-state index contributed by atoms with van der Waals surface area (Å²) in [6.45, 7) is 16.0. The molecule has 0 aromatic carbocycles. The van der Waals surface area contributed by atoms with Crippen molar-refractivity contribution in [1.29, 1.82) is 0 Å². The fourth-order valence-corrected chi connectivity index (χ4v) is 6.03. The number of carbonyl (C=O) groups excluding carboxylic acids is 1. The molecule has 3 heteroatoms. The Hall–Kier alpha value is -0.830. The number of hydrogen-bond acceptors (Lipinski definition) is 3. The maximum atomic E-state index is 12.4. The van der Waals surface area contributed by atoms with Crippen molar-refractivity contribution in [2.75, 3.05) is 6.61 Å². The lowest BCUT2D eigenvalue weighted by molar-refractivity contribution is -0.144. The molecule has 3 nitrogen and oxygen atoms in total. The fraction of sp³-hybridized carbons (Fsp3) is 0.914. The van der Waals surface area contributed by atoms with Gasteiger partial charge in [-0.15, -0.1) is 0 Å². The molecule has 0 heterocycles. The van der Waals surface area contributed by atoms with Gasteiger partial charge in [-0.2, -0.15) is 0 Å². The van der Waals surface area contributed by atoms with Crippen molar-refractivity contribution >= 4 is 5.97 Å². The molecule has 0 fully saturated rings. The lowest BCUT2D eigenvalue weighted by Gasteiger charge is -2.44. The van der Waals surface area contributed by atoms with Crippen LogP contribution in [-0.2, 0) is 9.53 Å². The van der Waals surface area contributed by atoms with E-state index >= 15 is 0 Å². The third kappa shape index (κ3) is 15.7. The first-order valence-corrected chi connectivity index (χ1v) is 16.5. The quantitative estimate of drug-likeness (QED) is 0.0959. The van der Waals surface area contributed by atoms with Gasteiger partial charge in [-0.25, -0.2) is 0 Å². The molecule has 1 rings (SSSR count). The van der Waals surface area contributed by atoms with Crippen molar-refractivity contribution in [3.63, 3.8) is 0 Å². The van der Waals surface area contributed by atoms with Crippen LogP contribution in [0.15, 0.2) is 11.6 Å². The van der Waals surface area contributed by atoms with Crippen molar-refractivity contribution in [3.05, 3.63) is 11.6 Å². The number of carbonyl (C=O) groups is 1. The lowest BCUT2D eigenvalue weighted by Crippen LogP contribution is -2.41. The highest BCUT2D eigenvalue weighted by atomic mass is 16.5. The molecule has 0 aromatic rings. The van der Waals surface area contributed by atoms with Gasteiger partial charge in [0.2, 0.25) is 0 Å². The van der Waals surface area contributed by atoms with E-state index in [2.05, 4.69) is 54.5 Å². The van der Waals surface area contributed by atoms with Crippen LogP contribution in [0.1, 0.15) is 170 Å². The molecule has 0 saturated heterocycles. The van der Waals surface area contributed by atoms with E-state index in [1.165, 1.54) is 89.9 Å². The minimum atomic E-state index is -0.395. The summed E-state index contributed by atoms with van der Waals surface area (Å²) >= 11 is 0. The molecule has 1 N–H and O–H groups in total. The number of hydrogen-bond donors (Lipinski definition) is 1. The van der Waals surface area contributed by atoms with E-state index in [-0.39, 0.29) is 22.7 Å². The molecule has 1 aliphatic rings. The second-order valence-corrected chi connectivity index (χ2v) is 14.3. The normalized spacial score (nSPS) is 20.4. The summed E-state index contributed by atoms with van der Waals surface area (Å²) in [5.41, 5.74) is 1.11. The van der Waals surface area contributed by atoms with Crippen LogP contribution in [-0.4, -0.2) is 23.8 Å². The number of ether oxygens (including phenoxy) is 1. The molecule has 0 spiro atoms. The van der Waals surface area contributed by atoms with Crippen LogP contribution in [0.3, 0.4) is 0 Å². The van der Waals surface area contributed by atoms with Gasteiger partial charge in [-0.05, 0) is 47.5 Å². The van der Waals surface area contributed by atoms with Crippen LogP contribution in [0.25, 0.3) is 0 Å². The molecular weight excluding hydrogens is 468 g/mol. The van der Waals surface area contributed by atoms with Crippen molar-refractivity contribution in [2.24, 2.45) is 22.7 Å². The van der Waals surface area contributed by atoms with E-state index in [9.17, 15) is 9.90 Å². The summed E-state index contributed by atoms with van der Waals surface area (Å²) < 4.78 is 5.55. The Morgan fingerprint density at radius 2 is 1.24 bits per heavy atom. The Morgan fingerprint density at radius 1 is 0.789 bits per heavy atom. The van der Waals surface area contributed by atoms with Crippen LogP contribution in [0.2, 0.25) is 0 Å². The second-order valence-electron chi connectivity index (χ2n) is 14.3. The van der Waals surface area contributed by atoms with Gasteiger partial charge in [-0.1, -0.05) is 151 Å². The number of unbranched alkanes of at least 4 members (excludes halogenated alkanes) is 15. The largest absolute Gasteiger partial charge is 0.466 e. The van der Waals surface area contributed by atoms with Crippen molar-refractivity contribution < 1.29 is 14.6 Å². The van der Waals surface area contributed by atoms with Crippen LogP contribution >= 0.6 is 0 Å². The van der Waals surface area contributed by atoms with Crippen molar-refractivity contribution in [2.45, 2.75) is 177 Å². The number of esters is 1. The number of rotatable bonds is 20. The predicted molar refractivity (Wildman–Crippen MR) is 164 cm³/mol. The van der Waals surface area contributed by atoms with Crippen LogP contribution < -0.4 is 0 Å². The van der Waals surface area contributed by atoms with Gasteiger partial charge in [0.05, 0.1) is 12.7 Å². The second kappa shape index (κ2) is 19.3. The minimum Gasteiger partial charge on any atom is -0.466 e. The average molecular weight is 535 g/mol. The predicted octanol–water partition coefficient (Wildman–Crippen LogP) is 10.6. The van der Waals surface area contributed by atoms with E-state index in [4.69, 9.17) is 4.74 Å². The van der Waals surface area contributed by atoms with Gasteiger partial charge in [0.15, 0.2) is 0 Å². The van der Waals surface area contributed by atoms with Gasteiger partial charge in [0, 0.05) is 6.42 Å². The molecule has 3 unspecified atom stereocenters. The zero-order chi connectivity index (χ0) is 28.4. The van der Waals surface area contributed by atoms with Gasteiger partial charge in [0.1, 0.15) is 0 Å². The van der Waals surface area contributed by atoms with E-state index in [1.54, 1.807) is 0 Å². The van der Waals surface area contributed by atoms with Crippen molar-refractivity contribution in [1.82, 2.24) is 0 Å². The number of aliphatic hydroxyl groups is 1. The lowest BCUT2D eigenvalue weighted by atomic mass is 9.63. The molecule has 0 amide bonds.